The number of carbonyl (C=O) groups excluding carboxylic acids is 1. The number of halogens is 3. The molecule has 0 radical (unpaired) electrons. The second-order valence-corrected chi connectivity index (χ2v) is 7.01. The number of hydrogen-bond donors (Lipinski definition) is 1. The zero-order valence-corrected chi connectivity index (χ0v) is 16.0. The van der Waals surface area contributed by atoms with Gasteiger partial charge in [0.25, 0.3) is 5.91 Å². The van der Waals surface area contributed by atoms with E-state index in [0.29, 0.717) is 43.1 Å². The molecular formula is C20H20F3N5O2. The van der Waals surface area contributed by atoms with Crippen LogP contribution in [0.5, 0.6) is 0 Å². The zero-order valence-electron chi connectivity index (χ0n) is 16.0. The van der Waals surface area contributed by atoms with Gasteiger partial charge in [-0.05, 0) is 29.8 Å². The number of pyridine rings is 1. The van der Waals surface area contributed by atoms with Crippen LogP contribution in [0.1, 0.15) is 27.5 Å². The van der Waals surface area contributed by atoms with E-state index in [2.05, 4.69) is 20.4 Å². The first kappa shape index (κ1) is 20.3. The van der Waals surface area contributed by atoms with Gasteiger partial charge in [0, 0.05) is 25.8 Å². The lowest BCUT2D eigenvalue weighted by molar-refractivity contribution is -0.137. The SMILES string of the molecule is O=C(NCC(c1ccc(C(F)(F)F)cc1)N1CCOCC1)c1ccc2nncn2c1. The van der Waals surface area contributed by atoms with Crippen molar-refractivity contribution in [2.75, 3.05) is 32.8 Å². The van der Waals surface area contributed by atoms with Crippen molar-refractivity contribution in [2.45, 2.75) is 12.2 Å². The molecule has 10 heteroatoms. The molecule has 1 N–H and O–H groups in total. The summed E-state index contributed by atoms with van der Waals surface area (Å²) in [4.78, 5) is 14.8. The Bertz CT molecular complexity index is 1010. The third-order valence-corrected chi connectivity index (χ3v) is 5.12. The minimum absolute atomic E-state index is 0.254. The molecule has 1 fully saturated rings. The number of morpholine rings is 1. The monoisotopic (exact) mass is 419 g/mol. The lowest BCUT2D eigenvalue weighted by atomic mass is 10.0. The van der Waals surface area contributed by atoms with Gasteiger partial charge in [-0.3, -0.25) is 14.1 Å². The number of fused-ring (bicyclic) bond motifs is 1. The number of nitrogens with one attached hydrogen (secondary N) is 1. The van der Waals surface area contributed by atoms with E-state index in [4.69, 9.17) is 4.74 Å². The lowest BCUT2D eigenvalue weighted by Crippen LogP contribution is -2.43. The molecule has 7 nitrogen and oxygen atoms in total. The molecule has 1 aliphatic heterocycles. The molecule has 4 rings (SSSR count). The molecule has 3 aromatic rings. The highest BCUT2D eigenvalue weighted by atomic mass is 19.4. The van der Waals surface area contributed by atoms with Crippen molar-refractivity contribution in [1.82, 2.24) is 24.8 Å². The van der Waals surface area contributed by atoms with Crippen molar-refractivity contribution < 1.29 is 22.7 Å². The standard InChI is InChI=1S/C20H20F3N5O2/c21-20(22,23)16-4-1-14(2-5-16)17(27-7-9-30-10-8-27)11-24-19(29)15-3-6-18-26-25-13-28(18)12-15/h1-6,12-13,17H,7-11H2,(H,24,29). The molecule has 1 unspecified atom stereocenters. The van der Waals surface area contributed by atoms with Gasteiger partial charge in [-0.25, -0.2) is 0 Å². The number of nitrogens with zero attached hydrogens (tertiary/aromatic N) is 4. The smallest absolute Gasteiger partial charge is 0.379 e. The first-order valence-electron chi connectivity index (χ1n) is 9.48. The Hall–Kier alpha value is -2.98. The maximum atomic E-state index is 12.9. The Morgan fingerprint density at radius 1 is 1.13 bits per heavy atom. The summed E-state index contributed by atoms with van der Waals surface area (Å²) in [5, 5.41) is 10.6. The zero-order chi connectivity index (χ0) is 21.1. The van der Waals surface area contributed by atoms with E-state index in [1.807, 2.05) is 0 Å². The summed E-state index contributed by atoms with van der Waals surface area (Å²) in [6, 6.07) is 8.17. The topological polar surface area (TPSA) is 71.8 Å². The fourth-order valence-corrected chi connectivity index (χ4v) is 3.49. The molecule has 1 aliphatic rings. The maximum absolute atomic E-state index is 12.9. The molecule has 0 saturated carbocycles. The number of ether oxygens (including phenoxy) is 1. The Balaban J connectivity index is 1.51. The predicted molar refractivity (Wildman–Crippen MR) is 102 cm³/mol. The Morgan fingerprint density at radius 2 is 1.87 bits per heavy atom. The molecule has 1 saturated heterocycles. The number of rotatable bonds is 5. The molecule has 2 aromatic heterocycles. The van der Waals surface area contributed by atoms with Gasteiger partial charge in [0.05, 0.1) is 30.4 Å². The fraction of sp³-hybridized carbons (Fsp3) is 0.350. The molecule has 3 heterocycles. The minimum atomic E-state index is -4.39. The van der Waals surface area contributed by atoms with E-state index in [1.165, 1.54) is 18.5 Å². The van der Waals surface area contributed by atoms with Crippen LogP contribution in [0, 0.1) is 0 Å². The van der Waals surface area contributed by atoms with Crippen molar-refractivity contribution >= 4 is 11.6 Å². The second kappa shape index (κ2) is 8.41. The van der Waals surface area contributed by atoms with Gasteiger partial charge in [0.15, 0.2) is 5.65 Å². The van der Waals surface area contributed by atoms with Crippen LogP contribution in [0.3, 0.4) is 0 Å². The van der Waals surface area contributed by atoms with E-state index in [-0.39, 0.29) is 18.5 Å². The number of carbonyl (C=O) groups is 1. The molecule has 30 heavy (non-hydrogen) atoms. The molecule has 0 aliphatic carbocycles. The average molecular weight is 419 g/mol. The normalized spacial score (nSPS) is 16.5. The van der Waals surface area contributed by atoms with Gasteiger partial charge in [0.1, 0.15) is 6.33 Å². The van der Waals surface area contributed by atoms with Crippen LogP contribution in [0.2, 0.25) is 0 Å². The van der Waals surface area contributed by atoms with Gasteiger partial charge < -0.3 is 10.1 Å². The van der Waals surface area contributed by atoms with E-state index in [9.17, 15) is 18.0 Å². The van der Waals surface area contributed by atoms with Gasteiger partial charge in [0.2, 0.25) is 0 Å². The third-order valence-electron chi connectivity index (χ3n) is 5.12. The van der Waals surface area contributed by atoms with Crippen LogP contribution in [0.4, 0.5) is 13.2 Å². The van der Waals surface area contributed by atoms with E-state index < -0.39 is 11.7 Å². The van der Waals surface area contributed by atoms with Gasteiger partial charge in [-0.15, -0.1) is 10.2 Å². The fourth-order valence-electron chi connectivity index (χ4n) is 3.49. The van der Waals surface area contributed by atoms with Crippen LogP contribution < -0.4 is 5.32 Å². The largest absolute Gasteiger partial charge is 0.416 e. The Morgan fingerprint density at radius 3 is 2.57 bits per heavy atom. The highest BCUT2D eigenvalue weighted by Gasteiger charge is 2.31. The van der Waals surface area contributed by atoms with Crippen LogP contribution >= 0.6 is 0 Å². The van der Waals surface area contributed by atoms with Gasteiger partial charge >= 0.3 is 6.18 Å². The van der Waals surface area contributed by atoms with Crippen molar-refractivity contribution in [3.63, 3.8) is 0 Å². The molecule has 1 aromatic carbocycles. The summed E-state index contributed by atoms with van der Waals surface area (Å²) < 4.78 is 45.8. The quantitative estimate of drug-likeness (QED) is 0.688. The lowest BCUT2D eigenvalue weighted by Gasteiger charge is -2.35. The van der Waals surface area contributed by atoms with Crippen LogP contribution in [0.15, 0.2) is 48.9 Å². The van der Waals surface area contributed by atoms with Crippen LogP contribution in [0.25, 0.3) is 5.65 Å². The van der Waals surface area contributed by atoms with E-state index in [1.54, 1.807) is 22.7 Å². The van der Waals surface area contributed by atoms with Crippen molar-refractivity contribution in [1.29, 1.82) is 0 Å². The highest BCUT2D eigenvalue weighted by Crippen LogP contribution is 2.31. The molecule has 0 spiro atoms. The van der Waals surface area contributed by atoms with Crippen molar-refractivity contribution in [2.24, 2.45) is 0 Å². The summed E-state index contributed by atoms with van der Waals surface area (Å²) in [7, 11) is 0. The number of aromatic nitrogens is 3. The van der Waals surface area contributed by atoms with E-state index in [0.717, 1.165) is 12.1 Å². The maximum Gasteiger partial charge on any atom is 0.416 e. The van der Waals surface area contributed by atoms with Crippen molar-refractivity contribution in [3.05, 3.63) is 65.6 Å². The molecule has 0 bridgehead atoms. The molecule has 158 valence electrons. The molecule has 1 atom stereocenters. The Kier molecular flexibility index (Phi) is 5.69. The third kappa shape index (κ3) is 4.44. The summed E-state index contributed by atoms with van der Waals surface area (Å²) in [6.45, 7) is 2.59. The van der Waals surface area contributed by atoms with Crippen LogP contribution in [-0.2, 0) is 10.9 Å². The van der Waals surface area contributed by atoms with E-state index >= 15 is 0 Å². The minimum Gasteiger partial charge on any atom is -0.379 e. The Labute approximate surface area is 170 Å². The number of hydrogen-bond acceptors (Lipinski definition) is 5. The number of benzene rings is 1. The van der Waals surface area contributed by atoms with Gasteiger partial charge in [-0.2, -0.15) is 13.2 Å². The number of alkyl halides is 3. The second-order valence-electron chi connectivity index (χ2n) is 7.01. The first-order chi connectivity index (χ1) is 14.4. The van der Waals surface area contributed by atoms with Crippen LogP contribution in [-0.4, -0.2) is 58.3 Å². The summed E-state index contributed by atoms with van der Waals surface area (Å²) in [5.41, 5.74) is 1.08. The highest BCUT2D eigenvalue weighted by molar-refractivity contribution is 5.94. The summed E-state index contributed by atoms with van der Waals surface area (Å²) in [5.74, 6) is -0.282. The predicted octanol–water partition coefficient (Wildman–Crippen LogP) is 2.55. The summed E-state index contributed by atoms with van der Waals surface area (Å²) in [6.07, 6.45) is -1.25. The number of amides is 1. The molecular weight excluding hydrogens is 399 g/mol. The van der Waals surface area contributed by atoms with Gasteiger partial charge in [-0.1, -0.05) is 12.1 Å². The average Bonchev–Trinajstić information content (AvgIpc) is 3.22. The summed E-state index contributed by atoms with van der Waals surface area (Å²) >= 11 is 0. The van der Waals surface area contributed by atoms with Crippen molar-refractivity contribution in [3.8, 4) is 0 Å². The first-order valence-corrected chi connectivity index (χ1v) is 9.48. The molecule has 1 amide bonds.